The summed E-state index contributed by atoms with van der Waals surface area (Å²) in [6, 6.07) is 6.28. The summed E-state index contributed by atoms with van der Waals surface area (Å²) in [5.41, 5.74) is 2.28. The van der Waals surface area contributed by atoms with Crippen molar-refractivity contribution in [1.82, 2.24) is 10.6 Å². The van der Waals surface area contributed by atoms with E-state index in [0.29, 0.717) is 19.6 Å². The monoisotopic (exact) mass is 533 g/mol. The molecule has 0 aliphatic carbocycles. The Labute approximate surface area is 197 Å². The lowest BCUT2D eigenvalue weighted by molar-refractivity contribution is -0.140. The van der Waals surface area contributed by atoms with Gasteiger partial charge in [0.2, 0.25) is 0 Å². The second kappa shape index (κ2) is 15.3. The van der Waals surface area contributed by atoms with Crippen LogP contribution in [0.15, 0.2) is 23.2 Å². The van der Waals surface area contributed by atoms with E-state index in [9.17, 15) is 4.79 Å². The van der Waals surface area contributed by atoms with E-state index in [1.165, 1.54) is 12.7 Å². The highest BCUT2D eigenvalue weighted by molar-refractivity contribution is 14.0. The molecule has 1 aliphatic rings. The molecule has 0 amide bonds. The molecule has 1 aliphatic heterocycles. The van der Waals surface area contributed by atoms with Crippen molar-refractivity contribution >= 4 is 35.9 Å². The van der Waals surface area contributed by atoms with Gasteiger partial charge in [0.15, 0.2) is 5.96 Å². The number of halogens is 1. The van der Waals surface area contributed by atoms with Gasteiger partial charge in [0.25, 0.3) is 0 Å². The average Bonchev–Trinajstić information content (AvgIpc) is 3.23. The maximum absolute atomic E-state index is 11.1. The van der Waals surface area contributed by atoms with Crippen molar-refractivity contribution in [2.45, 2.75) is 58.1 Å². The average molecular weight is 533 g/mol. The number of methoxy groups -OCH3 is 1. The molecule has 0 radical (unpaired) electrons. The molecule has 2 N–H and O–H groups in total. The second-order valence-electron chi connectivity index (χ2n) is 7.31. The molecule has 0 saturated carbocycles. The van der Waals surface area contributed by atoms with Crippen LogP contribution in [0, 0.1) is 6.92 Å². The summed E-state index contributed by atoms with van der Waals surface area (Å²) in [6.07, 6.45) is 5.57. The van der Waals surface area contributed by atoms with Gasteiger partial charge in [0.1, 0.15) is 11.9 Å². The second-order valence-corrected chi connectivity index (χ2v) is 7.31. The van der Waals surface area contributed by atoms with Gasteiger partial charge in [-0.3, -0.25) is 9.79 Å². The van der Waals surface area contributed by atoms with Crippen molar-refractivity contribution in [1.29, 1.82) is 0 Å². The van der Waals surface area contributed by atoms with Crippen LogP contribution in [-0.4, -0.2) is 51.9 Å². The van der Waals surface area contributed by atoms with E-state index in [0.717, 1.165) is 62.5 Å². The normalized spacial score (nSPS) is 16.0. The summed E-state index contributed by atoms with van der Waals surface area (Å²) in [7, 11) is 3.20. The highest BCUT2D eigenvalue weighted by Gasteiger charge is 2.18. The third kappa shape index (κ3) is 9.97. The summed E-state index contributed by atoms with van der Waals surface area (Å²) in [4.78, 5) is 15.4. The first-order valence-electron chi connectivity index (χ1n) is 10.5. The Balaban J connectivity index is 0.00000450. The largest absolute Gasteiger partial charge is 0.488 e. The third-order valence-electron chi connectivity index (χ3n) is 4.90. The fraction of sp³-hybridized carbons (Fsp3) is 0.636. The number of aliphatic imine (C=N–C) groups is 1. The number of ether oxygens (including phenoxy) is 3. The van der Waals surface area contributed by atoms with Crippen molar-refractivity contribution < 1.29 is 19.0 Å². The van der Waals surface area contributed by atoms with Crippen LogP contribution in [-0.2, 0) is 20.8 Å². The summed E-state index contributed by atoms with van der Waals surface area (Å²) in [5.74, 6) is 1.55. The number of esters is 1. The van der Waals surface area contributed by atoms with Crippen molar-refractivity contribution in [2.24, 2.45) is 4.99 Å². The molecule has 8 heteroatoms. The highest BCUT2D eigenvalue weighted by atomic mass is 127. The molecule has 0 spiro atoms. The molecule has 170 valence electrons. The van der Waals surface area contributed by atoms with Crippen molar-refractivity contribution in [3.63, 3.8) is 0 Å². The van der Waals surface area contributed by atoms with E-state index >= 15 is 0 Å². The van der Waals surface area contributed by atoms with Crippen LogP contribution in [0.2, 0.25) is 0 Å². The van der Waals surface area contributed by atoms with Gasteiger partial charge < -0.3 is 24.8 Å². The van der Waals surface area contributed by atoms with Crippen LogP contribution in [0.1, 0.15) is 49.7 Å². The molecule has 0 aromatic heterocycles. The number of carbonyl (C=O) groups is 1. The van der Waals surface area contributed by atoms with E-state index in [1.807, 2.05) is 0 Å². The van der Waals surface area contributed by atoms with Gasteiger partial charge in [-0.15, -0.1) is 24.0 Å². The molecule has 1 aromatic rings. The zero-order chi connectivity index (χ0) is 20.9. The maximum Gasteiger partial charge on any atom is 0.305 e. The Morgan fingerprint density at radius 3 is 2.73 bits per heavy atom. The first-order chi connectivity index (χ1) is 14.1. The van der Waals surface area contributed by atoms with Gasteiger partial charge in [0.05, 0.1) is 20.3 Å². The van der Waals surface area contributed by atoms with Crippen LogP contribution in [0.25, 0.3) is 0 Å². The van der Waals surface area contributed by atoms with Crippen LogP contribution in [0.3, 0.4) is 0 Å². The predicted molar refractivity (Wildman–Crippen MR) is 130 cm³/mol. The SMILES string of the molecule is CN=C(NCCCCCCC(=O)OC)NCc1ccc(C)cc1OC1CCOC1.I. The molecule has 1 unspecified atom stereocenters. The number of nitrogens with zero attached hydrogens (tertiary/aromatic N) is 1. The number of nitrogens with one attached hydrogen (secondary N) is 2. The molecule has 7 nitrogen and oxygen atoms in total. The van der Waals surface area contributed by atoms with Gasteiger partial charge in [-0.05, 0) is 31.4 Å². The van der Waals surface area contributed by atoms with E-state index < -0.39 is 0 Å². The first kappa shape index (κ1) is 26.5. The Kier molecular flexibility index (Phi) is 13.5. The summed E-state index contributed by atoms with van der Waals surface area (Å²) in [5, 5.41) is 6.70. The number of hydrogen-bond acceptors (Lipinski definition) is 5. The Morgan fingerprint density at radius 2 is 2.03 bits per heavy atom. The fourth-order valence-corrected chi connectivity index (χ4v) is 3.16. The minimum absolute atomic E-state index is 0. The van der Waals surface area contributed by atoms with E-state index in [2.05, 4.69) is 45.5 Å². The molecule has 0 bridgehead atoms. The number of hydrogen-bond donors (Lipinski definition) is 2. The lowest BCUT2D eigenvalue weighted by Gasteiger charge is -2.18. The number of benzene rings is 1. The van der Waals surface area contributed by atoms with E-state index in [1.54, 1.807) is 7.05 Å². The highest BCUT2D eigenvalue weighted by Crippen LogP contribution is 2.23. The lowest BCUT2D eigenvalue weighted by Crippen LogP contribution is -2.37. The fourth-order valence-electron chi connectivity index (χ4n) is 3.16. The third-order valence-corrected chi connectivity index (χ3v) is 4.90. The standard InChI is InChI=1S/C22H35N3O4.HI/c1-17-9-10-18(20(14-17)29-19-11-13-28-16-19)15-25-22(23-2)24-12-7-5-4-6-8-21(26)27-3;/h9-10,14,19H,4-8,11-13,15-16H2,1-3H3,(H2,23,24,25);1H. The molecule has 1 aromatic carbocycles. The smallest absolute Gasteiger partial charge is 0.305 e. The number of aryl methyl sites for hydroxylation is 1. The number of unbranched alkanes of at least 4 members (excludes halogenated alkanes) is 3. The molecule has 1 atom stereocenters. The quantitative estimate of drug-likeness (QED) is 0.149. The van der Waals surface area contributed by atoms with E-state index in [-0.39, 0.29) is 36.0 Å². The van der Waals surface area contributed by atoms with Crippen LogP contribution in [0.5, 0.6) is 5.75 Å². The maximum atomic E-state index is 11.1. The van der Waals surface area contributed by atoms with Gasteiger partial charge in [-0.25, -0.2) is 0 Å². The summed E-state index contributed by atoms with van der Waals surface area (Å²) in [6.45, 7) is 4.98. The molecule has 30 heavy (non-hydrogen) atoms. The van der Waals surface area contributed by atoms with Crippen molar-refractivity contribution in [3.05, 3.63) is 29.3 Å². The Hall–Kier alpha value is -1.55. The van der Waals surface area contributed by atoms with Gasteiger partial charge >= 0.3 is 5.97 Å². The van der Waals surface area contributed by atoms with E-state index in [4.69, 9.17) is 9.47 Å². The number of rotatable bonds is 11. The van der Waals surface area contributed by atoms with Gasteiger partial charge in [-0.2, -0.15) is 0 Å². The molecule has 1 fully saturated rings. The van der Waals surface area contributed by atoms with Crippen molar-refractivity contribution in [3.8, 4) is 5.75 Å². The molecule has 1 saturated heterocycles. The minimum Gasteiger partial charge on any atom is -0.488 e. The van der Waals surface area contributed by atoms with Crippen LogP contribution < -0.4 is 15.4 Å². The molecule has 1 heterocycles. The topological polar surface area (TPSA) is 81.2 Å². The van der Waals surface area contributed by atoms with Crippen LogP contribution in [0.4, 0.5) is 0 Å². The summed E-state index contributed by atoms with van der Waals surface area (Å²) >= 11 is 0. The molecular weight excluding hydrogens is 497 g/mol. The van der Waals surface area contributed by atoms with Crippen molar-refractivity contribution in [2.75, 3.05) is 33.9 Å². The zero-order valence-corrected chi connectivity index (χ0v) is 20.7. The minimum atomic E-state index is -0.132. The van der Waals surface area contributed by atoms with Gasteiger partial charge in [-0.1, -0.05) is 25.0 Å². The molecular formula is C22H36IN3O4. The Bertz CT molecular complexity index is 664. The zero-order valence-electron chi connectivity index (χ0n) is 18.4. The number of carbonyl (C=O) groups excluding carboxylic acids is 1. The van der Waals surface area contributed by atoms with Gasteiger partial charge in [0, 0.05) is 38.5 Å². The first-order valence-corrected chi connectivity index (χ1v) is 10.5. The number of guanidine groups is 1. The lowest BCUT2D eigenvalue weighted by atomic mass is 10.1. The Morgan fingerprint density at radius 1 is 1.23 bits per heavy atom. The molecule has 2 rings (SSSR count). The summed E-state index contributed by atoms with van der Waals surface area (Å²) < 4.78 is 16.2. The predicted octanol–water partition coefficient (Wildman–Crippen LogP) is 3.57. The van der Waals surface area contributed by atoms with Crippen LogP contribution >= 0.6 is 24.0 Å².